The van der Waals surface area contributed by atoms with Crippen LogP contribution in [-0.2, 0) is 44.2 Å². The van der Waals surface area contributed by atoms with Crippen molar-refractivity contribution in [2.45, 2.75) is 78.7 Å². The Morgan fingerprint density at radius 3 is 2.09 bits per heavy atom. The summed E-state index contributed by atoms with van der Waals surface area (Å²) in [6, 6.07) is 14.5. The molecule has 2 aromatic carbocycles. The maximum Gasteiger partial charge on any atom is 0.416 e. The number of aryl methyl sites for hydroxylation is 2. The Hall–Kier alpha value is -6.40. The molecule has 1 saturated carbocycles. The van der Waals surface area contributed by atoms with E-state index in [1.54, 1.807) is 30.5 Å². The molecule has 5 aromatic rings. The lowest BCUT2D eigenvalue weighted by atomic mass is 9.77. The van der Waals surface area contributed by atoms with Crippen LogP contribution in [0, 0.1) is 31.1 Å². The van der Waals surface area contributed by atoms with Crippen LogP contribution in [0.25, 0.3) is 21.6 Å². The molecule has 1 aliphatic heterocycles. The molecule has 18 nitrogen and oxygen atoms in total. The summed E-state index contributed by atoms with van der Waals surface area (Å²) in [5.74, 6) is -2.98. The number of morpholine rings is 1. The predicted molar refractivity (Wildman–Crippen MR) is 291 cm³/mol. The Morgan fingerprint density at radius 1 is 0.785 bits per heavy atom. The average molecular weight is 1120 g/mol. The molecule has 7 rings (SSSR count). The zero-order valence-corrected chi connectivity index (χ0v) is 46.2. The molecule has 79 heavy (non-hydrogen) atoms. The summed E-state index contributed by atoms with van der Waals surface area (Å²) in [5, 5.41) is 19.2. The van der Waals surface area contributed by atoms with Gasteiger partial charge < -0.3 is 54.4 Å². The van der Waals surface area contributed by atoms with E-state index in [-0.39, 0.29) is 75.8 Å². The van der Waals surface area contributed by atoms with E-state index in [1.165, 1.54) is 18.3 Å². The van der Waals surface area contributed by atoms with Crippen LogP contribution in [0.3, 0.4) is 0 Å². The summed E-state index contributed by atoms with van der Waals surface area (Å²) in [6.45, 7) is 15.0. The number of nitrogens with zero attached hydrogens (tertiary/aromatic N) is 4. The Bertz CT molecular complexity index is 2840. The Labute approximate surface area is 462 Å². The Kier molecular flexibility index (Phi) is 21.5. The molecular weight excluding hydrogens is 1050 g/mol. The van der Waals surface area contributed by atoms with Gasteiger partial charge in [-0.1, -0.05) is 51.1 Å². The molecular formula is C57H70F3N7O11S. The van der Waals surface area contributed by atoms with Crippen LogP contribution in [0.1, 0.15) is 79.5 Å². The van der Waals surface area contributed by atoms with E-state index in [0.29, 0.717) is 74.5 Å². The number of hydrogen-bond donors (Lipinski definition) is 4. The van der Waals surface area contributed by atoms with Crippen molar-refractivity contribution in [3.63, 3.8) is 0 Å². The highest BCUT2D eigenvalue weighted by molar-refractivity contribution is 7.13. The molecule has 5 atom stereocenters. The number of carbonyl (C=O) groups excluding carboxylic acids is 4. The number of aliphatic hydroxyl groups excluding tert-OH is 1. The lowest BCUT2D eigenvalue weighted by Gasteiger charge is -2.33. The summed E-state index contributed by atoms with van der Waals surface area (Å²) >= 11 is 1.57. The van der Waals surface area contributed by atoms with E-state index in [1.807, 2.05) is 70.5 Å². The third kappa shape index (κ3) is 17.1. The number of halogens is 3. The number of rotatable bonds is 26. The van der Waals surface area contributed by atoms with E-state index in [9.17, 15) is 37.5 Å². The normalized spacial score (nSPS) is 17.5. The van der Waals surface area contributed by atoms with Crippen molar-refractivity contribution in [2.24, 2.45) is 17.3 Å². The summed E-state index contributed by atoms with van der Waals surface area (Å²) in [4.78, 5) is 70.4. The van der Waals surface area contributed by atoms with Gasteiger partial charge in [0.05, 0.1) is 117 Å². The maximum atomic E-state index is 14.1. The van der Waals surface area contributed by atoms with Gasteiger partial charge in [-0.05, 0) is 80.5 Å². The van der Waals surface area contributed by atoms with Crippen LogP contribution in [0.2, 0.25) is 0 Å². The number of Topliss-reactive ketones (excluding diaryl/α,β-unsaturated/α-hetero) is 1. The van der Waals surface area contributed by atoms with Crippen molar-refractivity contribution in [1.82, 2.24) is 25.6 Å². The number of thiazole rings is 1. The van der Waals surface area contributed by atoms with Gasteiger partial charge in [-0.25, -0.2) is 9.97 Å². The van der Waals surface area contributed by atoms with Gasteiger partial charge in [-0.15, -0.1) is 11.3 Å². The number of benzene rings is 2. The molecule has 22 heteroatoms. The zero-order chi connectivity index (χ0) is 56.7. The largest absolute Gasteiger partial charge is 0.474 e. The molecule has 4 N–H and O–H groups in total. The fraction of sp³-hybridized carbons (Fsp3) is 0.491. The number of pyridine rings is 2. The van der Waals surface area contributed by atoms with Gasteiger partial charge >= 0.3 is 6.18 Å². The van der Waals surface area contributed by atoms with Gasteiger partial charge in [-0.2, -0.15) is 13.2 Å². The van der Waals surface area contributed by atoms with Gasteiger partial charge in [0.1, 0.15) is 18.9 Å². The molecule has 426 valence electrons. The van der Waals surface area contributed by atoms with Crippen LogP contribution in [0.5, 0.6) is 5.88 Å². The molecule has 0 bridgehead atoms. The molecule has 2 aliphatic rings. The molecule has 0 radical (unpaired) electrons. The van der Waals surface area contributed by atoms with Crippen molar-refractivity contribution in [2.75, 3.05) is 96.0 Å². The highest BCUT2D eigenvalue weighted by Crippen LogP contribution is 2.38. The van der Waals surface area contributed by atoms with Crippen LogP contribution in [0.15, 0.2) is 78.6 Å². The first-order valence-corrected chi connectivity index (χ1v) is 27.2. The lowest BCUT2D eigenvalue weighted by molar-refractivity contribution is -0.138. The van der Waals surface area contributed by atoms with Crippen molar-refractivity contribution < 1.29 is 65.9 Å². The number of anilines is 2. The number of nitrogens with one attached hydrogen (secondary N) is 3. The maximum absolute atomic E-state index is 14.1. The van der Waals surface area contributed by atoms with Crippen molar-refractivity contribution >= 4 is 46.2 Å². The summed E-state index contributed by atoms with van der Waals surface area (Å²) < 4.78 is 74.0. The Balaban J connectivity index is 0.779. The summed E-state index contributed by atoms with van der Waals surface area (Å²) in [7, 11) is 0. The van der Waals surface area contributed by atoms with Gasteiger partial charge in [0.25, 0.3) is 5.91 Å². The lowest BCUT2D eigenvalue weighted by Crippen LogP contribution is -2.53. The van der Waals surface area contributed by atoms with Crippen LogP contribution < -0.4 is 25.6 Å². The highest BCUT2D eigenvalue weighted by Gasteiger charge is 2.47. The van der Waals surface area contributed by atoms with E-state index in [2.05, 4.69) is 35.8 Å². The predicted octanol–water partition coefficient (Wildman–Crippen LogP) is 7.80. The molecule has 3 unspecified atom stereocenters. The quantitative estimate of drug-likeness (QED) is 0.0388. The third-order valence-corrected chi connectivity index (χ3v) is 14.6. The first-order chi connectivity index (χ1) is 37.8. The smallest absolute Gasteiger partial charge is 0.416 e. The molecule has 4 heterocycles. The minimum Gasteiger partial charge on any atom is -0.474 e. The fourth-order valence-electron chi connectivity index (χ4n) is 9.34. The minimum absolute atomic E-state index is 0.122. The van der Waals surface area contributed by atoms with Gasteiger partial charge in [0, 0.05) is 47.6 Å². The summed E-state index contributed by atoms with van der Waals surface area (Å²) in [5.41, 5.74) is 5.96. The van der Waals surface area contributed by atoms with E-state index < -0.39 is 53.0 Å². The van der Waals surface area contributed by atoms with Crippen molar-refractivity contribution in [3.8, 4) is 27.4 Å². The molecule has 2 fully saturated rings. The second-order valence-electron chi connectivity index (χ2n) is 20.5. The first-order valence-electron chi connectivity index (χ1n) is 26.3. The molecule has 1 aliphatic carbocycles. The molecule has 3 amide bonds. The minimum atomic E-state index is -4.59. The third-order valence-electron chi connectivity index (χ3n) is 13.6. The van der Waals surface area contributed by atoms with Crippen molar-refractivity contribution in [3.05, 3.63) is 107 Å². The van der Waals surface area contributed by atoms with Crippen LogP contribution in [0.4, 0.5) is 24.5 Å². The topological polar surface area (TPSA) is 222 Å². The SMILES string of the molecule is Cc1ncc(NC(=O)c2cccc(C(F)(F)F)c2)cc1-c1cnc(OCCOCCOCCOCCOCC(=O)NC(C(=O)C2C[C@H](O)C[C@H]2C(=O)NC(C)c2ccc(-c3scnc3C)cc2)C(C)(C)C)c(N2CCOCC2)c1. The number of aliphatic hydroxyl groups is 1. The van der Waals surface area contributed by atoms with E-state index in [4.69, 9.17) is 28.4 Å². The number of hydrogen-bond acceptors (Lipinski definition) is 16. The molecule has 1 saturated heterocycles. The summed E-state index contributed by atoms with van der Waals surface area (Å²) in [6.07, 6.45) is -2.08. The standard InChI is InChI=1S/C57H70F3N7O11S/c1-35(38-10-12-39(13-11-38)51-37(3)63-34-79-51)64-54(72)47-30-44(68)29-46(47)50(70)52(56(4,5)6)66-49(69)33-77-23-22-75-19-18-74-20-21-76-24-25-78-55-48(67-14-16-73-17-15-67)27-41(31-62-55)45-28-43(32-61-36(45)2)65-53(71)40-8-7-9-42(26-40)57(58,59)60/h7-13,26-28,31-32,34-35,44,46-47,52,68H,14-25,29-30,33H2,1-6H3,(H,64,72)(H,65,71)(H,66,69)/t35?,44-,46?,47+,52?/m0/s1. The number of ketones is 1. The number of carbonyl (C=O) groups is 4. The first kappa shape index (κ1) is 60.2. The highest BCUT2D eigenvalue weighted by atomic mass is 32.1. The zero-order valence-electron chi connectivity index (χ0n) is 45.4. The van der Waals surface area contributed by atoms with Gasteiger partial charge in [0.2, 0.25) is 17.7 Å². The Morgan fingerprint density at radius 2 is 1.44 bits per heavy atom. The second-order valence-corrected chi connectivity index (χ2v) is 21.4. The van der Waals surface area contributed by atoms with Gasteiger partial charge in [-0.3, -0.25) is 24.2 Å². The number of amides is 3. The molecule has 0 spiro atoms. The number of alkyl halides is 3. The second kappa shape index (κ2) is 28.1. The van der Waals surface area contributed by atoms with Gasteiger partial charge in [0.15, 0.2) is 5.78 Å². The van der Waals surface area contributed by atoms with Crippen LogP contribution >= 0.6 is 11.3 Å². The van der Waals surface area contributed by atoms with E-state index >= 15 is 0 Å². The average Bonchev–Trinajstić information content (AvgIpc) is 4.11. The van der Waals surface area contributed by atoms with E-state index in [0.717, 1.165) is 39.5 Å². The fourth-order valence-corrected chi connectivity index (χ4v) is 10.1. The number of ether oxygens (including phenoxy) is 6. The number of aromatic nitrogens is 3. The molecule has 3 aromatic heterocycles. The van der Waals surface area contributed by atoms with Crippen molar-refractivity contribution in [1.29, 1.82) is 0 Å². The van der Waals surface area contributed by atoms with Crippen LogP contribution in [-0.4, -0.2) is 141 Å². The monoisotopic (exact) mass is 1120 g/mol.